The Morgan fingerprint density at radius 1 is 1.50 bits per heavy atom. The molecule has 0 spiro atoms. The zero-order valence-corrected chi connectivity index (χ0v) is 11.8. The standard InChI is InChI=1S/C10H16N4O5S/c1-6-4-14(5-7(2)19-6)20(17,18)13-9-3-8(10(15)16)11-12-9/h3,6-7H,4-5H2,1-2H3,(H,15,16)(H2,11,12,13). The Labute approximate surface area is 116 Å². The van der Waals surface area contributed by atoms with Crippen molar-refractivity contribution in [2.45, 2.75) is 26.1 Å². The monoisotopic (exact) mass is 304 g/mol. The van der Waals surface area contributed by atoms with Crippen LogP contribution in [-0.2, 0) is 14.9 Å². The van der Waals surface area contributed by atoms with E-state index in [1.54, 1.807) is 13.8 Å². The smallest absolute Gasteiger partial charge is 0.353 e. The maximum absolute atomic E-state index is 12.2. The Bertz CT molecular complexity index is 589. The average Bonchev–Trinajstić information content (AvgIpc) is 2.75. The van der Waals surface area contributed by atoms with Crippen LogP contribution in [0.1, 0.15) is 24.3 Å². The highest BCUT2D eigenvalue weighted by molar-refractivity contribution is 7.90. The highest BCUT2D eigenvalue weighted by Gasteiger charge is 2.31. The van der Waals surface area contributed by atoms with Gasteiger partial charge < -0.3 is 9.84 Å². The number of aromatic amines is 1. The molecule has 1 aliphatic rings. The molecule has 2 unspecified atom stereocenters. The largest absolute Gasteiger partial charge is 0.477 e. The van der Waals surface area contributed by atoms with E-state index >= 15 is 0 Å². The van der Waals surface area contributed by atoms with E-state index < -0.39 is 16.2 Å². The molecule has 112 valence electrons. The molecule has 1 aliphatic heterocycles. The lowest BCUT2D eigenvalue weighted by Crippen LogP contribution is -2.49. The minimum atomic E-state index is -3.79. The predicted octanol–water partition coefficient (Wildman–Crippen LogP) is -0.126. The van der Waals surface area contributed by atoms with Gasteiger partial charge in [0.2, 0.25) is 0 Å². The van der Waals surface area contributed by atoms with Crippen molar-refractivity contribution in [3.63, 3.8) is 0 Å². The van der Waals surface area contributed by atoms with Gasteiger partial charge in [-0.3, -0.25) is 9.82 Å². The number of carboxylic acids is 1. The first-order chi connectivity index (χ1) is 9.28. The third-order valence-electron chi connectivity index (χ3n) is 2.77. The van der Waals surface area contributed by atoms with E-state index in [1.165, 1.54) is 4.31 Å². The van der Waals surface area contributed by atoms with Crippen LogP contribution < -0.4 is 4.72 Å². The molecule has 2 heterocycles. The third-order valence-corrected chi connectivity index (χ3v) is 4.21. The number of nitrogens with zero attached hydrogens (tertiary/aromatic N) is 2. The molecule has 1 aromatic rings. The van der Waals surface area contributed by atoms with Crippen LogP contribution in [0.4, 0.5) is 5.82 Å². The lowest BCUT2D eigenvalue weighted by atomic mass is 10.3. The van der Waals surface area contributed by atoms with Gasteiger partial charge in [-0.1, -0.05) is 0 Å². The second kappa shape index (κ2) is 5.38. The first-order valence-electron chi connectivity index (χ1n) is 6.00. The van der Waals surface area contributed by atoms with Crippen LogP contribution in [0.3, 0.4) is 0 Å². The molecule has 0 bridgehead atoms. The predicted molar refractivity (Wildman–Crippen MR) is 69.7 cm³/mol. The molecule has 0 aliphatic carbocycles. The summed E-state index contributed by atoms with van der Waals surface area (Å²) in [6.45, 7) is 4.04. The lowest BCUT2D eigenvalue weighted by molar-refractivity contribution is -0.0439. The number of aromatic nitrogens is 2. The fourth-order valence-electron chi connectivity index (χ4n) is 2.01. The van der Waals surface area contributed by atoms with Crippen molar-refractivity contribution in [2.24, 2.45) is 0 Å². The number of H-pyrrole nitrogens is 1. The van der Waals surface area contributed by atoms with Gasteiger partial charge in [0.05, 0.1) is 12.2 Å². The highest BCUT2D eigenvalue weighted by atomic mass is 32.2. The maximum atomic E-state index is 12.2. The summed E-state index contributed by atoms with van der Waals surface area (Å²) in [5, 5.41) is 14.6. The number of carboxylic acid groups (broad SMARTS) is 1. The van der Waals surface area contributed by atoms with Crippen LogP contribution in [0, 0.1) is 0 Å². The molecule has 20 heavy (non-hydrogen) atoms. The molecule has 9 nitrogen and oxygen atoms in total. The van der Waals surface area contributed by atoms with E-state index in [1.807, 2.05) is 0 Å². The number of rotatable bonds is 4. The summed E-state index contributed by atoms with van der Waals surface area (Å²) in [4.78, 5) is 10.7. The summed E-state index contributed by atoms with van der Waals surface area (Å²) in [5.74, 6) is -1.27. The van der Waals surface area contributed by atoms with Gasteiger partial charge >= 0.3 is 16.2 Å². The Kier molecular flexibility index (Phi) is 3.97. The molecular formula is C10H16N4O5S. The summed E-state index contributed by atoms with van der Waals surface area (Å²) in [6.07, 6.45) is -0.409. The van der Waals surface area contributed by atoms with Gasteiger partial charge in [0.15, 0.2) is 5.82 Å². The van der Waals surface area contributed by atoms with E-state index in [-0.39, 0.29) is 36.8 Å². The summed E-state index contributed by atoms with van der Waals surface area (Å²) in [7, 11) is -3.79. The second-order valence-electron chi connectivity index (χ2n) is 4.65. The van der Waals surface area contributed by atoms with E-state index in [4.69, 9.17) is 9.84 Å². The van der Waals surface area contributed by atoms with Crippen LogP contribution in [0.25, 0.3) is 0 Å². The van der Waals surface area contributed by atoms with Crippen molar-refractivity contribution >= 4 is 22.0 Å². The molecule has 0 aromatic carbocycles. The minimum Gasteiger partial charge on any atom is -0.477 e. The van der Waals surface area contributed by atoms with Gasteiger partial charge in [-0.25, -0.2) is 4.79 Å². The second-order valence-corrected chi connectivity index (χ2v) is 6.32. The molecular weight excluding hydrogens is 288 g/mol. The molecule has 2 atom stereocenters. The summed E-state index contributed by atoms with van der Waals surface area (Å²) in [5.41, 5.74) is -0.189. The number of anilines is 1. The number of aromatic carboxylic acids is 1. The Morgan fingerprint density at radius 2 is 2.10 bits per heavy atom. The Morgan fingerprint density at radius 3 is 2.60 bits per heavy atom. The quantitative estimate of drug-likeness (QED) is 0.712. The van der Waals surface area contributed by atoms with Crippen molar-refractivity contribution in [2.75, 3.05) is 17.8 Å². The molecule has 2 rings (SSSR count). The van der Waals surface area contributed by atoms with E-state index in [2.05, 4.69) is 14.9 Å². The van der Waals surface area contributed by atoms with Gasteiger partial charge in [0, 0.05) is 19.2 Å². The van der Waals surface area contributed by atoms with Crippen molar-refractivity contribution in [1.29, 1.82) is 0 Å². The van der Waals surface area contributed by atoms with Gasteiger partial charge in [0.25, 0.3) is 0 Å². The average molecular weight is 304 g/mol. The first kappa shape index (κ1) is 14.8. The van der Waals surface area contributed by atoms with Gasteiger partial charge in [-0.2, -0.15) is 17.8 Å². The lowest BCUT2D eigenvalue weighted by Gasteiger charge is -2.34. The fourth-order valence-corrected chi connectivity index (χ4v) is 3.32. The third kappa shape index (κ3) is 3.26. The van der Waals surface area contributed by atoms with E-state index in [0.29, 0.717) is 0 Å². The molecule has 1 fully saturated rings. The Balaban J connectivity index is 2.11. The van der Waals surface area contributed by atoms with Gasteiger partial charge in [-0.15, -0.1) is 0 Å². The van der Waals surface area contributed by atoms with E-state index in [9.17, 15) is 13.2 Å². The first-order valence-corrected chi connectivity index (χ1v) is 7.44. The minimum absolute atomic E-state index is 0.0609. The molecule has 3 N–H and O–H groups in total. The van der Waals surface area contributed by atoms with Gasteiger partial charge in [0.1, 0.15) is 5.69 Å². The van der Waals surface area contributed by atoms with Crippen LogP contribution in [0.5, 0.6) is 0 Å². The van der Waals surface area contributed by atoms with Crippen LogP contribution >= 0.6 is 0 Å². The number of morpholine rings is 1. The van der Waals surface area contributed by atoms with Crippen molar-refractivity contribution in [1.82, 2.24) is 14.5 Å². The molecule has 1 aromatic heterocycles. The number of hydrogen-bond acceptors (Lipinski definition) is 5. The molecule has 0 saturated carbocycles. The van der Waals surface area contributed by atoms with Gasteiger partial charge in [-0.05, 0) is 13.8 Å². The molecule has 0 amide bonds. The zero-order valence-electron chi connectivity index (χ0n) is 11.0. The Hall–Kier alpha value is -1.65. The van der Waals surface area contributed by atoms with Crippen LogP contribution in [-0.4, -0.2) is 59.3 Å². The normalized spacial score (nSPS) is 24.5. The highest BCUT2D eigenvalue weighted by Crippen LogP contribution is 2.16. The SMILES string of the molecule is CC1CN(S(=O)(=O)Nc2cc(C(=O)O)[nH]n2)CC(C)O1. The number of ether oxygens (including phenoxy) is 1. The molecule has 10 heteroatoms. The zero-order chi connectivity index (χ0) is 14.9. The topological polar surface area (TPSA) is 125 Å². The number of nitrogens with one attached hydrogen (secondary N) is 2. The molecule has 1 saturated heterocycles. The van der Waals surface area contributed by atoms with E-state index in [0.717, 1.165) is 6.07 Å². The van der Waals surface area contributed by atoms with Crippen molar-refractivity contribution in [3.8, 4) is 0 Å². The number of hydrogen-bond donors (Lipinski definition) is 3. The van der Waals surface area contributed by atoms with Crippen molar-refractivity contribution < 1.29 is 23.1 Å². The summed E-state index contributed by atoms with van der Waals surface area (Å²) >= 11 is 0. The van der Waals surface area contributed by atoms with Crippen LogP contribution in [0.2, 0.25) is 0 Å². The van der Waals surface area contributed by atoms with Crippen molar-refractivity contribution in [3.05, 3.63) is 11.8 Å². The fraction of sp³-hybridized carbons (Fsp3) is 0.600. The van der Waals surface area contributed by atoms with Crippen LogP contribution in [0.15, 0.2) is 6.07 Å². The maximum Gasteiger partial charge on any atom is 0.353 e. The summed E-state index contributed by atoms with van der Waals surface area (Å²) < 4.78 is 33.3. The summed E-state index contributed by atoms with van der Waals surface area (Å²) in [6, 6.07) is 1.12. The number of carbonyl (C=O) groups is 1. The molecule has 0 radical (unpaired) electrons.